The maximum atomic E-state index is 12.6. The summed E-state index contributed by atoms with van der Waals surface area (Å²) < 4.78 is 0. The van der Waals surface area contributed by atoms with Gasteiger partial charge in [0.25, 0.3) is 11.8 Å². The van der Waals surface area contributed by atoms with Crippen molar-refractivity contribution in [2.75, 3.05) is 9.80 Å². The molecule has 0 aliphatic carbocycles. The molecule has 2 aliphatic rings. The molecule has 2 aliphatic heterocycles. The number of hydrogen-bond donors (Lipinski definition) is 1. The second kappa shape index (κ2) is 7.88. The van der Waals surface area contributed by atoms with Gasteiger partial charge in [-0.2, -0.15) is 0 Å². The molecule has 2 heterocycles. The summed E-state index contributed by atoms with van der Waals surface area (Å²) >= 11 is 0. The summed E-state index contributed by atoms with van der Waals surface area (Å²) in [5, 5.41) is 10.3. The number of amides is 3. The molecule has 6 nitrogen and oxygen atoms in total. The highest BCUT2D eigenvalue weighted by molar-refractivity contribution is 6.28. The van der Waals surface area contributed by atoms with Crippen LogP contribution in [0, 0.1) is 11.8 Å². The van der Waals surface area contributed by atoms with E-state index in [4.69, 9.17) is 0 Å². The zero-order chi connectivity index (χ0) is 21.4. The highest BCUT2D eigenvalue weighted by Crippen LogP contribution is 2.33. The van der Waals surface area contributed by atoms with Gasteiger partial charge in [-0.25, -0.2) is 4.90 Å². The zero-order valence-electron chi connectivity index (χ0n) is 17.0. The Bertz CT molecular complexity index is 991. The van der Waals surface area contributed by atoms with E-state index in [1.54, 1.807) is 12.1 Å². The van der Waals surface area contributed by atoms with Gasteiger partial charge in [0, 0.05) is 30.2 Å². The highest BCUT2D eigenvalue weighted by Gasteiger charge is 2.40. The maximum absolute atomic E-state index is 12.6. The standard InChI is InChI=1S/C24H24N2O4/c1-15(2)20-14-23(29)26(24(20)30)19-9-5-17(6-10-19)13-16-3-7-18(8-4-16)25-21(27)11-12-22(25)28/h3-12,15,20,23,29H,13-14H2,1-2H3. The van der Waals surface area contributed by atoms with E-state index in [-0.39, 0.29) is 29.6 Å². The van der Waals surface area contributed by atoms with E-state index in [9.17, 15) is 19.5 Å². The van der Waals surface area contributed by atoms with Gasteiger partial charge in [0.05, 0.1) is 5.69 Å². The van der Waals surface area contributed by atoms with Crippen molar-refractivity contribution in [3.63, 3.8) is 0 Å². The van der Waals surface area contributed by atoms with Gasteiger partial charge in [-0.15, -0.1) is 0 Å². The van der Waals surface area contributed by atoms with Crippen molar-refractivity contribution in [1.29, 1.82) is 0 Å². The van der Waals surface area contributed by atoms with Crippen LogP contribution in [-0.2, 0) is 20.8 Å². The van der Waals surface area contributed by atoms with Crippen molar-refractivity contribution in [2.45, 2.75) is 32.9 Å². The van der Waals surface area contributed by atoms with Crippen LogP contribution in [0.2, 0.25) is 0 Å². The largest absolute Gasteiger partial charge is 0.373 e. The van der Waals surface area contributed by atoms with E-state index in [0.717, 1.165) is 16.0 Å². The summed E-state index contributed by atoms with van der Waals surface area (Å²) in [5.41, 5.74) is 3.35. The monoisotopic (exact) mass is 404 g/mol. The van der Waals surface area contributed by atoms with Crippen LogP contribution in [0.25, 0.3) is 0 Å². The van der Waals surface area contributed by atoms with Crippen LogP contribution in [0.15, 0.2) is 60.7 Å². The van der Waals surface area contributed by atoms with Crippen molar-refractivity contribution in [3.05, 3.63) is 71.8 Å². The molecule has 30 heavy (non-hydrogen) atoms. The lowest BCUT2D eigenvalue weighted by Crippen LogP contribution is -2.34. The van der Waals surface area contributed by atoms with Gasteiger partial charge in [0.1, 0.15) is 6.23 Å². The predicted molar refractivity (Wildman–Crippen MR) is 114 cm³/mol. The number of nitrogens with zero attached hydrogens (tertiary/aromatic N) is 2. The number of aliphatic hydroxyl groups is 1. The average molecular weight is 404 g/mol. The number of hydrogen-bond acceptors (Lipinski definition) is 4. The fourth-order valence-electron chi connectivity index (χ4n) is 4.04. The van der Waals surface area contributed by atoms with Crippen LogP contribution < -0.4 is 9.80 Å². The molecule has 0 spiro atoms. The van der Waals surface area contributed by atoms with E-state index in [1.165, 1.54) is 17.1 Å². The van der Waals surface area contributed by atoms with E-state index in [2.05, 4.69) is 0 Å². The first-order valence-electron chi connectivity index (χ1n) is 10.1. The number of aliphatic hydroxyl groups excluding tert-OH is 1. The number of anilines is 2. The van der Waals surface area contributed by atoms with E-state index < -0.39 is 6.23 Å². The molecule has 2 unspecified atom stereocenters. The molecule has 1 N–H and O–H groups in total. The fraction of sp³-hybridized carbons (Fsp3) is 0.292. The smallest absolute Gasteiger partial charge is 0.258 e. The molecular weight excluding hydrogens is 380 g/mol. The van der Waals surface area contributed by atoms with E-state index in [1.807, 2.05) is 50.2 Å². The highest BCUT2D eigenvalue weighted by atomic mass is 16.3. The number of carbonyl (C=O) groups is 3. The summed E-state index contributed by atoms with van der Waals surface area (Å²) in [5.74, 6) is -0.645. The molecule has 2 atom stereocenters. The van der Waals surface area contributed by atoms with Gasteiger partial charge in [-0.05, 0) is 47.7 Å². The predicted octanol–water partition coefficient (Wildman–Crippen LogP) is 3.03. The Labute approximate surface area is 175 Å². The average Bonchev–Trinajstić information content (AvgIpc) is 3.21. The van der Waals surface area contributed by atoms with Crippen molar-refractivity contribution < 1.29 is 19.5 Å². The lowest BCUT2D eigenvalue weighted by Gasteiger charge is -2.21. The van der Waals surface area contributed by atoms with Crippen LogP contribution in [0.5, 0.6) is 0 Å². The van der Waals surface area contributed by atoms with E-state index >= 15 is 0 Å². The molecule has 4 rings (SSSR count). The van der Waals surface area contributed by atoms with Crippen LogP contribution in [0.1, 0.15) is 31.4 Å². The molecular formula is C24H24N2O4. The Hall–Kier alpha value is -3.25. The van der Waals surface area contributed by atoms with Crippen LogP contribution >= 0.6 is 0 Å². The van der Waals surface area contributed by atoms with Gasteiger partial charge < -0.3 is 5.11 Å². The van der Waals surface area contributed by atoms with E-state index in [0.29, 0.717) is 24.2 Å². The quantitative estimate of drug-likeness (QED) is 0.777. The first kappa shape index (κ1) is 20.0. The minimum absolute atomic E-state index is 0.0265. The van der Waals surface area contributed by atoms with Gasteiger partial charge in [-0.1, -0.05) is 38.1 Å². The summed E-state index contributed by atoms with van der Waals surface area (Å²) in [6.45, 7) is 4.00. The lowest BCUT2D eigenvalue weighted by atomic mass is 9.94. The number of rotatable bonds is 5. The topological polar surface area (TPSA) is 77.9 Å². The van der Waals surface area contributed by atoms with Gasteiger partial charge >= 0.3 is 0 Å². The zero-order valence-corrected chi connectivity index (χ0v) is 17.0. The third kappa shape index (κ3) is 3.66. The van der Waals surface area contributed by atoms with Crippen LogP contribution in [-0.4, -0.2) is 29.1 Å². The number of carbonyl (C=O) groups excluding carboxylic acids is 3. The molecule has 2 aromatic carbocycles. The fourth-order valence-corrected chi connectivity index (χ4v) is 4.04. The Morgan fingerprint density at radius 1 is 0.867 bits per heavy atom. The van der Waals surface area contributed by atoms with Gasteiger partial charge in [-0.3, -0.25) is 19.3 Å². The second-order valence-corrected chi connectivity index (χ2v) is 8.13. The van der Waals surface area contributed by atoms with Gasteiger partial charge in [0.15, 0.2) is 0 Å². The minimum atomic E-state index is -0.784. The first-order chi connectivity index (χ1) is 14.3. The molecule has 154 valence electrons. The third-order valence-electron chi connectivity index (χ3n) is 5.75. The molecule has 0 bridgehead atoms. The Morgan fingerprint density at radius 3 is 1.83 bits per heavy atom. The molecule has 6 heteroatoms. The number of imide groups is 1. The Balaban J connectivity index is 1.45. The molecule has 0 aromatic heterocycles. The summed E-state index contributed by atoms with van der Waals surface area (Å²) in [6.07, 6.45) is 2.88. The van der Waals surface area contributed by atoms with Crippen LogP contribution in [0.3, 0.4) is 0 Å². The summed E-state index contributed by atoms with van der Waals surface area (Å²) in [7, 11) is 0. The van der Waals surface area contributed by atoms with Crippen molar-refractivity contribution >= 4 is 29.1 Å². The molecule has 3 amide bonds. The molecule has 1 saturated heterocycles. The molecule has 2 aromatic rings. The summed E-state index contributed by atoms with van der Waals surface area (Å²) in [6, 6.07) is 14.9. The SMILES string of the molecule is CC(C)C1CC(O)N(c2ccc(Cc3ccc(N4C(=O)C=CC4=O)cc3)cc2)C1=O. The van der Waals surface area contributed by atoms with Crippen molar-refractivity contribution in [2.24, 2.45) is 11.8 Å². The second-order valence-electron chi connectivity index (χ2n) is 8.13. The molecule has 0 saturated carbocycles. The molecule has 0 radical (unpaired) electrons. The number of benzene rings is 2. The Morgan fingerprint density at radius 2 is 1.37 bits per heavy atom. The summed E-state index contributed by atoms with van der Waals surface area (Å²) in [4.78, 5) is 38.8. The molecule has 1 fully saturated rings. The Kier molecular flexibility index (Phi) is 5.26. The third-order valence-corrected chi connectivity index (χ3v) is 5.75. The minimum Gasteiger partial charge on any atom is -0.373 e. The normalized spacial score (nSPS) is 21.4. The first-order valence-corrected chi connectivity index (χ1v) is 10.1. The lowest BCUT2D eigenvalue weighted by molar-refractivity contribution is -0.122. The van der Waals surface area contributed by atoms with Gasteiger partial charge in [0.2, 0.25) is 5.91 Å². The van der Waals surface area contributed by atoms with Crippen LogP contribution in [0.4, 0.5) is 11.4 Å². The van der Waals surface area contributed by atoms with Crippen molar-refractivity contribution in [3.8, 4) is 0 Å². The maximum Gasteiger partial charge on any atom is 0.258 e. The van der Waals surface area contributed by atoms with Crippen molar-refractivity contribution in [1.82, 2.24) is 0 Å².